The standard InChI is InChI=1S/C17H18ClN3/c1-21-11-16(15-6-5-13(18)9-17(15)21)12(10-19)8-14-4-2-3-7-20-14/h2-7,9,11-12H,8,10,19H2,1H3. The number of benzene rings is 1. The highest BCUT2D eigenvalue weighted by Gasteiger charge is 2.17. The largest absolute Gasteiger partial charge is 0.350 e. The normalized spacial score (nSPS) is 12.7. The maximum absolute atomic E-state index is 6.10. The molecule has 2 N–H and O–H groups in total. The van der Waals surface area contributed by atoms with Crippen molar-refractivity contribution < 1.29 is 0 Å². The lowest BCUT2D eigenvalue weighted by atomic mass is 9.94. The molecular formula is C17H18ClN3. The topological polar surface area (TPSA) is 43.8 Å². The molecule has 1 unspecified atom stereocenters. The average Bonchev–Trinajstić information content (AvgIpc) is 2.82. The van der Waals surface area contributed by atoms with E-state index in [1.807, 2.05) is 43.6 Å². The number of nitrogens with two attached hydrogens (primary N) is 1. The van der Waals surface area contributed by atoms with Gasteiger partial charge in [-0.15, -0.1) is 0 Å². The maximum atomic E-state index is 6.10. The highest BCUT2D eigenvalue weighted by molar-refractivity contribution is 6.31. The highest BCUT2D eigenvalue weighted by atomic mass is 35.5. The number of aryl methyl sites for hydroxylation is 1. The van der Waals surface area contributed by atoms with Crippen LogP contribution < -0.4 is 5.73 Å². The minimum atomic E-state index is 0.254. The smallest absolute Gasteiger partial charge is 0.0495 e. The molecule has 0 saturated carbocycles. The van der Waals surface area contributed by atoms with E-state index < -0.39 is 0 Å². The van der Waals surface area contributed by atoms with Crippen molar-refractivity contribution >= 4 is 22.5 Å². The number of halogens is 1. The predicted molar refractivity (Wildman–Crippen MR) is 87.7 cm³/mol. The van der Waals surface area contributed by atoms with Gasteiger partial charge in [0.25, 0.3) is 0 Å². The summed E-state index contributed by atoms with van der Waals surface area (Å²) in [4.78, 5) is 4.41. The van der Waals surface area contributed by atoms with E-state index >= 15 is 0 Å². The molecule has 2 heterocycles. The molecule has 0 radical (unpaired) electrons. The van der Waals surface area contributed by atoms with Gasteiger partial charge in [0.2, 0.25) is 0 Å². The molecule has 21 heavy (non-hydrogen) atoms. The first-order valence-corrected chi connectivity index (χ1v) is 7.41. The first-order chi connectivity index (χ1) is 10.2. The van der Waals surface area contributed by atoms with Gasteiger partial charge in [-0.2, -0.15) is 0 Å². The van der Waals surface area contributed by atoms with Crippen molar-refractivity contribution in [3.63, 3.8) is 0 Å². The predicted octanol–water partition coefficient (Wildman–Crippen LogP) is 3.51. The van der Waals surface area contributed by atoms with Crippen LogP contribution in [0.2, 0.25) is 5.02 Å². The van der Waals surface area contributed by atoms with Gasteiger partial charge < -0.3 is 10.3 Å². The first-order valence-electron chi connectivity index (χ1n) is 7.03. The number of hydrogen-bond acceptors (Lipinski definition) is 2. The second-order valence-corrected chi connectivity index (χ2v) is 5.75. The van der Waals surface area contributed by atoms with Crippen LogP contribution in [0.15, 0.2) is 48.8 Å². The maximum Gasteiger partial charge on any atom is 0.0495 e. The summed E-state index contributed by atoms with van der Waals surface area (Å²) in [6, 6.07) is 12.0. The molecule has 3 aromatic rings. The molecule has 1 aromatic carbocycles. The summed E-state index contributed by atoms with van der Waals surface area (Å²) in [6.45, 7) is 0.596. The summed E-state index contributed by atoms with van der Waals surface area (Å²) in [5, 5.41) is 1.97. The van der Waals surface area contributed by atoms with Crippen molar-refractivity contribution in [2.75, 3.05) is 6.54 Å². The zero-order chi connectivity index (χ0) is 14.8. The van der Waals surface area contributed by atoms with Crippen LogP contribution in [-0.4, -0.2) is 16.1 Å². The van der Waals surface area contributed by atoms with E-state index in [9.17, 15) is 0 Å². The van der Waals surface area contributed by atoms with Gasteiger partial charge >= 0.3 is 0 Å². The van der Waals surface area contributed by atoms with Gasteiger partial charge in [-0.3, -0.25) is 4.98 Å². The highest BCUT2D eigenvalue weighted by Crippen LogP contribution is 2.30. The Hall–Kier alpha value is -1.84. The third kappa shape index (κ3) is 2.80. The molecule has 0 saturated heterocycles. The molecule has 3 rings (SSSR count). The molecule has 0 spiro atoms. The lowest BCUT2D eigenvalue weighted by Crippen LogP contribution is -2.15. The number of nitrogens with zero attached hydrogens (tertiary/aromatic N) is 2. The van der Waals surface area contributed by atoms with Crippen LogP contribution in [-0.2, 0) is 13.5 Å². The number of fused-ring (bicyclic) bond motifs is 1. The van der Waals surface area contributed by atoms with E-state index in [-0.39, 0.29) is 5.92 Å². The Morgan fingerprint density at radius 1 is 1.29 bits per heavy atom. The number of aromatic nitrogens is 2. The minimum absolute atomic E-state index is 0.254. The monoisotopic (exact) mass is 299 g/mol. The van der Waals surface area contributed by atoms with Crippen molar-refractivity contribution in [2.24, 2.45) is 12.8 Å². The van der Waals surface area contributed by atoms with Crippen molar-refractivity contribution in [3.05, 3.63) is 65.1 Å². The SMILES string of the molecule is Cn1cc(C(CN)Cc2ccccn2)c2ccc(Cl)cc21. The number of pyridine rings is 1. The van der Waals surface area contributed by atoms with Crippen LogP contribution in [0.1, 0.15) is 17.2 Å². The molecule has 0 bridgehead atoms. The van der Waals surface area contributed by atoms with Crippen molar-refractivity contribution in [1.29, 1.82) is 0 Å². The molecule has 0 amide bonds. The van der Waals surface area contributed by atoms with E-state index in [1.54, 1.807) is 0 Å². The molecule has 108 valence electrons. The van der Waals surface area contributed by atoms with Crippen LogP contribution in [0.4, 0.5) is 0 Å². The van der Waals surface area contributed by atoms with Crippen LogP contribution in [0.25, 0.3) is 10.9 Å². The Morgan fingerprint density at radius 2 is 2.14 bits per heavy atom. The van der Waals surface area contributed by atoms with Crippen LogP contribution in [0.3, 0.4) is 0 Å². The second-order valence-electron chi connectivity index (χ2n) is 5.31. The van der Waals surface area contributed by atoms with Crippen molar-refractivity contribution in [2.45, 2.75) is 12.3 Å². The van der Waals surface area contributed by atoms with Gasteiger partial charge in [-0.1, -0.05) is 23.7 Å². The van der Waals surface area contributed by atoms with Crippen molar-refractivity contribution in [3.8, 4) is 0 Å². The van der Waals surface area contributed by atoms with E-state index in [0.717, 1.165) is 22.7 Å². The van der Waals surface area contributed by atoms with Gasteiger partial charge in [0.15, 0.2) is 0 Å². The number of hydrogen-bond donors (Lipinski definition) is 1. The molecule has 0 aliphatic heterocycles. The van der Waals surface area contributed by atoms with Crippen molar-refractivity contribution in [1.82, 2.24) is 9.55 Å². The Balaban J connectivity index is 2.01. The van der Waals surface area contributed by atoms with E-state index in [1.165, 1.54) is 10.9 Å². The fourth-order valence-electron chi connectivity index (χ4n) is 2.81. The third-order valence-electron chi connectivity index (χ3n) is 3.89. The van der Waals surface area contributed by atoms with Gasteiger partial charge in [-0.25, -0.2) is 0 Å². The Kier molecular flexibility index (Phi) is 3.95. The summed E-state index contributed by atoms with van der Waals surface area (Å²) >= 11 is 6.10. The van der Waals surface area contributed by atoms with Gasteiger partial charge in [-0.05, 0) is 42.8 Å². The Labute approximate surface area is 129 Å². The molecule has 0 aliphatic carbocycles. The third-order valence-corrected chi connectivity index (χ3v) is 4.12. The summed E-state index contributed by atoms with van der Waals surface area (Å²) < 4.78 is 2.11. The van der Waals surface area contributed by atoms with Gasteiger partial charge in [0.05, 0.1) is 0 Å². The summed E-state index contributed by atoms with van der Waals surface area (Å²) in [6.07, 6.45) is 4.83. The average molecular weight is 300 g/mol. The lowest BCUT2D eigenvalue weighted by Gasteiger charge is -2.13. The molecule has 1 atom stereocenters. The Morgan fingerprint density at radius 3 is 2.86 bits per heavy atom. The summed E-state index contributed by atoms with van der Waals surface area (Å²) in [5.74, 6) is 0.254. The quantitative estimate of drug-likeness (QED) is 0.801. The second kappa shape index (κ2) is 5.88. The number of rotatable bonds is 4. The van der Waals surface area contributed by atoms with Gasteiger partial charge in [0, 0.05) is 47.0 Å². The van der Waals surface area contributed by atoms with E-state index in [2.05, 4.69) is 21.8 Å². The van der Waals surface area contributed by atoms with E-state index in [0.29, 0.717) is 6.54 Å². The lowest BCUT2D eigenvalue weighted by molar-refractivity contribution is 0.683. The molecule has 3 nitrogen and oxygen atoms in total. The zero-order valence-electron chi connectivity index (χ0n) is 12.0. The van der Waals surface area contributed by atoms with Crippen LogP contribution in [0.5, 0.6) is 0 Å². The molecule has 0 fully saturated rings. The van der Waals surface area contributed by atoms with Crippen LogP contribution in [0, 0.1) is 0 Å². The van der Waals surface area contributed by atoms with Crippen LogP contribution >= 0.6 is 11.6 Å². The first kappa shape index (κ1) is 14.1. The fourth-order valence-corrected chi connectivity index (χ4v) is 2.97. The van der Waals surface area contributed by atoms with E-state index in [4.69, 9.17) is 17.3 Å². The molecule has 0 aliphatic rings. The molecular weight excluding hydrogens is 282 g/mol. The zero-order valence-corrected chi connectivity index (χ0v) is 12.7. The Bertz CT molecular complexity index is 749. The molecule has 4 heteroatoms. The van der Waals surface area contributed by atoms with Gasteiger partial charge in [0.1, 0.15) is 0 Å². The fraction of sp³-hybridized carbons (Fsp3) is 0.235. The summed E-state index contributed by atoms with van der Waals surface area (Å²) in [5.41, 5.74) is 9.49. The minimum Gasteiger partial charge on any atom is -0.350 e. The molecule has 2 aromatic heterocycles. The summed E-state index contributed by atoms with van der Waals surface area (Å²) in [7, 11) is 2.04.